The Morgan fingerprint density at radius 3 is 2.25 bits per heavy atom. The fraction of sp³-hybridized carbons (Fsp3) is 0.308. The lowest BCUT2D eigenvalue weighted by atomic mass is 9.96. The van der Waals surface area contributed by atoms with Crippen LogP contribution in [0.2, 0.25) is 0 Å². The molecule has 0 saturated carbocycles. The molecule has 212 valence electrons. The third-order valence-corrected chi connectivity index (χ3v) is 6.58. The van der Waals surface area contributed by atoms with Crippen LogP contribution >= 0.6 is 0 Å². The van der Waals surface area contributed by atoms with E-state index in [-0.39, 0.29) is 68.6 Å². The van der Waals surface area contributed by atoms with Crippen molar-refractivity contribution in [3.8, 4) is 28.7 Å². The van der Waals surface area contributed by atoms with Crippen molar-refractivity contribution in [1.29, 1.82) is 0 Å². The number of benzene rings is 2. The first-order valence-corrected chi connectivity index (χ1v) is 11.8. The summed E-state index contributed by atoms with van der Waals surface area (Å²) in [6, 6.07) is 4.95. The minimum atomic E-state index is -1.87. The predicted octanol–water partition coefficient (Wildman–Crippen LogP) is 0.0686. The Kier molecular flexibility index (Phi) is 7.03. The van der Waals surface area contributed by atoms with Crippen molar-refractivity contribution in [3.05, 3.63) is 51.4 Å². The fourth-order valence-corrected chi connectivity index (χ4v) is 4.60. The highest BCUT2D eigenvalue weighted by Gasteiger charge is 2.46. The molecule has 0 unspecified atom stereocenters. The molecule has 14 nitrogen and oxygen atoms in total. The van der Waals surface area contributed by atoms with Gasteiger partial charge in [0.2, 0.25) is 12.0 Å². The third kappa shape index (κ3) is 4.27. The molecule has 3 aromatic rings. The van der Waals surface area contributed by atoms with Crippen molar-refractivity contribution in [2.75, 3.05) is 20.8 Å². The number of aldehydes is 1. The summed E-state index contributed by atoms with van der Waals surface area (Å²) in [5, 5.41) is 61.5. The Bertz CT molecular complexity index is 1550. The van der Waals surface area contributed by atoms with Gasteiger partial charge in [0, 0.05) is 17.7 Å². The molecule has 5 rings (SSSR count). The van der Waals surface area contributed by atoms with Gasteiger partial charge in [-0.2, -0.15) is 0 Å². The van der Waals surface area contributed by atoms with Gasteiger partial charge in [0.25, 0.3) is 0 Å². The summed E-state index contributed by atoms with van der Waals surface area (Å²) in [7, 11) is 2.56. The number of ether oxygens (including phenoxy) is 5. The van der Waals surface area contributed by atoms with Crippen LogP contribution in [0.5, 0.6) is 28.7 Å². The number of carbonyl (C=O) groups is 1. The molecule has 5 atom stereocenters. The van der Waals surface area contributed by atoms with Crippen molar-refractivity contribution >= 4 is 28.8 Å². The summed E-state index contributed by atoms with van der Waals surface area (Å²) in [5.41, 5.74) is -1.84. The highest BCUT2D eigenvalue weighted by Crippen LogP contribution is 2.48. The molecule has 0 amide bonds. The van der Waals surface area contributed by atoms with E-state index in [1.54, 1.807) is 0 Å². The summed E-state index contributed by atoms with van der Waals surface area (Å²) >= 11 is 0. The van der Waals surface area contributed by atoms with Crippen molar-refractivity contribution in [2.24, 2.45) is 0 Å². The third-order valence-electron chi connectivity index (χ3n) is 6.58. The number of aliphatic hydroxyl groups excluding tert-OH is 4. The first kappa shape index (κ1) is 27.2. The highest BCUT2D eigenvalue weighted by atomic mass is 16.7. The zero-order valence-corrected chi connectivity index (χ0v) is 20.9. The molecule has 3 heterocycles. The molecule has 40 heavy (non-hydrogen) atoms. The molecule has 2 aliphatic heterocycles. The molecular weight excluding hydrogens is 536 g/mol. The van der Waals surface area contributed by atoms with Crippen molar-refractivity contribution in [1.82, 2.24) is 0 Å². The van der Waals surface area contributed by atoms with E-state index >= 15 is 0 Å². The Labute approximate surface area is 224 Å². The maximum absolute atomic E-state index is 12.8. The molecular formula is C26H24O14. The lowest BCUT2D eigenvalue weighted by Crippen LogP contribution is -2.59. The number of carbonyl (C=O) groups excluding carboxylic acids is 1. The van der Waals surface area contributed by atoms with Gasteiger partial charge in [0.1, 0.15) is 47.1 Å². The van der Waals surface area contributed by atoms with Crippen LogP contribution in [-0.2, 0) is 9.47 Å². The Hall–Kier alpha value is -4.34. The van der Waals surface area contributed by atoms with E-state index in [0.29, 0.717) is 0 Å². The van der Waals surface area contributed by atoms with Gasteiger partial charge in [-0.3, -0.25) is 4.79 Å². The molecule has 2 aromatic carbocycles. The van der Waals surface area contributed by atoms with Crippen LogP contribution in [0.1, 0.15) is 21.5 Å². The van der Waals surface area contributed by atoms with E-state index in [0.717, 1.165) is 6.07 Å². The summed E-state index contributed by atoms with van der Waals surface area (Å²) in [4.78, 5) is 25.0. The monoisotopic (exact) mass is 560 g/mol. The van der Waals surface area contributed by atoms with Gasteiger partial charge in [-0.05, 0) is 12.1 Å². The number of phenolic OH excluding ortho intramolecular Hbond substituents is 2. The lowest BCUT2D eigenvalue weighted by Gasteiger charge is -2.40. The number of hydrogen-bond acceptors (Lipinski definition) is 14. The molecule has 0 spiro atoms. The number of aliphatic hydroxyl groups is 4. The molecule has 1 fully saturated rings. The van der Waals surface area contributed by atoms with Crippen LogP contribution in [0.4, 0.5) is 0 Å². The lowest BCUT2D eigenvalue weighted by molar-refractivity contribution is -0.284. The number of methoxy groups -OCH3 is 2. The van der Waals surface area contributed by atoms with Crippen molar-refractivity contribution in [2.45, 2.75) is 30.7 Å². The van der Waals surface area contributed by atoms with Crippen LogP contribution in [-0.4, -0.2) is 88.5 Å². The molecule has 2 aliphatic rings. The van der Waals surface area contributed by atoms with Gasteiger partial charge in [-0.1, -0.05) is 0 Å². The Morgan fingerprint density at radius 1 is 0.975 bits per heavy atom. The smallest absolute Gasteiger partial charge is 0.347 e. The number of rotatable bonds is 7. The second kappa shape index (κ2) is 10.3. The summed E-state index contributed by atoms with van der Waals surface area (Å²) in [5.74, 6) is -1.46. The zero-order chi connectivity index (χ0) is 28.9. The Morgan fingerprint density at radius 2 is 1.65 bits per heavy atom. The number of phenols is 2. The van der Waals surface area contributed by atoms with E-state index in [1.807, 2.05) is 0 Å². The first-order valence-electron chi connectivity index (χ1n) is 11.8. The normalized spacial score (nSPS) is 24.0. The highest BCUT2D eigenvalue weighted by molar-refractivity contribution is 6.07. The van der Waals surface area contributed by atoms with Crippen LogP contribution in [0, 0.1) is 0 Å². The topological polar surface area (TPSA) is 215 Å². The largest absolute Gasteiger partial charge is 0.508 e. The second-order valence-electron chi connectivity index (χ2n) is 8.92. The van der Waals surface area contributed by atoms with Gasteiger partial charge >= 0.3 is 5.63 Å². The zero-order valence-electron chi connectivity index (χ0n) is 20.9. The van der Waals surface area contributed by atoms with Crippen LogP contribution in [0.15, 0.2) is 33.5 Å². The van der Waals surface area contributed by atoms with Crippen LogP contribution < -0.4 is 19.8 Å². The number of hydrogen-bond donors (Lipinski definition) is 6. The van der Waals surface area contributed by atoms with Crippen molar-refractivity contribution in [3.63, 3.8) is 0 Å². The molecule has 0 aliphatic carbocycles. The maximum atomic E-state index is 12.8. The fourth-order valence-electron chi connectivity index (χ4n) is 4.60. The minimum absolute atomic E-state index is 0.0422. The molecule has 1 aromatic heterocycles. The van der Waals surface area contributed by atoms with Gasteiger partial charge in [-0.25, -0.2) is 4.79 Å². The molecule has 0 bridgehead atoms. The van der Waals surface area contributed by atoms with Gasteiger partial charge < -0.3 is 58.7 Å². The molecule has 14 heteroatoms. The molecule has 6 N–H and O–H groups in total. The van der Waals surface area contributed by atoms with Gasteiger partial charge in [-0.15, -0.1) is 0 Å². The quantitative estimate of drug-likeness (QED) is 0.167. The summed E-state index contributed by atoms with van der Waals surface area (Å²) in [6.07, 6.45) is -8.26. The van der Waals surface area contributed by atoms with Crippen molar-refractivity contribution < 1.29 is 63.5 Å². The summed E-state index contributed by atoms with van der Waals surface area (Å²) in [6.45, 7) is -0.750. The van der Waals surface area contributed by atoms with E-state index < -0.39 is 48.5 Å². The van der Waals surface area contributed by atoms with Gasteiger partial charge in [0.15, 0.2) is 29.3 Å². The molecule has 1 saturated heterocycles. The Balaban J connectivity index is 1.82. The maximum Gasteiger partial charge on any atom is 0.347 e. The molecule has 0 radical (unpaired) electrons. The van der Waals surface area contributed by atoms with Crippen LogP contribution in [0.3, 0.4) is 0 Å². The average Bonchev–Trinajstić information content (AvgIpc) is 2.94. The average molecular weight is 560 g/mol. The first-order chi connectivity index (χ1) is 19.1. The van der Waals surface area contributed by atoms with E-state index in [1.165, 1.54) is 32.4 Å². The standard InChI is InChI=1S/C26H24O14/c1-35-14-3-9(4-15(36-2)19(14)30)23-24(40-26-22(33)21(32)20(31)16(8-28)39-26)17-11(7-27)25(34)38-13-6-10(29)5-12(37-23)18(13)17/h3-7,16,20-22,26,28-33H,8H2,1-2H3/t16-,20-,21+,22-,26-/m1/s1. The SMILES string of the molecule is COc1cc(C2=C(O[C@H]3O[C@H](CO)[C@@H](O)[C@H](O)[C@H]3O)c3c(C=O)c(=O)oc4cc(O)cc(c34)O2)cc(OC)c1O. The van der Waals surface area contributed by atoms with E-state index in [2.05, 4.69) is 0 Å². The van der Waals surface area contributed by atoms with E-state index in [9.17, 15) is 40.2 Å². The van der Waals surface area contributed by atoms with Crippen LogP contribution in [0.25, 0.3) is 22.5 Å². The minimum Gasteiger partial charge on any atom is -0.508 e. The number of aromatic hydroxyl groups is 2. The second-order valence-corrected chi connectivity index (χ2v) is 8.92. The van der Waals surface area contributed by atoms with E-state index in [4.69, 9.17) is 28.1 Å². The van der Waals surface area contributed by atoms with Gasteiger partial charge in [0.05, 0.1) is 31.8 Å². The predicted molar refractivity (Wildman–Crippen MR) is 133 cm³/mol. The summed E-state index contributed by atoms with van der Waals surface area (Å²) < 4.78 is 33.2.